The summed E-state index contributed by atoms with van der Waals surface area (Å²) < 4.78 is 11.1. The highest BCUT2D eigenvalue weighted by atomic mass is 16.5. The molecule has 3 N–H and O–H groups in total. The lowest BCUT2D eigenvalue weighted by molar-refractivity contribution is -0.0287. The molecule has 1 atom stereocenters. The standard InChI is InChI=1S/C15H24N2O3/c16-10-13-3-1-4-15(9-13)20-7-2-5-17-6-8-19-12-14(17)11-18/h1,3-4,9,14,18H,2,5-8,10-12,16H2. The van der Waals surface area contributed by atoms with Gasteiger partial charge in [-0.15, -0.1) is 0 Å². The molecule has 1 aliphatic heterocycles. The SMILES string of the molecule is NCc1cccc(OCCCN2CCOCC2CO)c1. The molecule has 112 valence electrons. The van der Waals surface area contributed by atoms with Crippen molar-refractivity contribution in [3.05, 3.63) is 29.8 Å². The first-order valence-electron chi connectivity index (χ1n) is 7.18. The van der Waals surface area contributed by atoms with Gasteiger partial charge in [0.25, 0.3) is 0 Å². The third-order valence-corrected chi connectivity index (χ3v) is 3.55. The third kappa shape index (κ3) is 4.45. The third-order valence-electron chi connectivity index (χ3n) is 3.55. The van der Waals surface area contributed by atoms with E-state index < -0.39 is 0 Å². The summed E-state index contributed by atoms with van der Waals surface area (Å²) in [7, 11) is 0. The Labute approximate surface area is 120 Å². The van der Waals surface area contributed by atoms with E-state index in [9.17, 15) is 5.11 Å². The van der Waals surface area contributed by atoms with Gasteiger partial charge in [0.15, 0.2) is 0 Å². The monoisotopic (exact) mass is 280 g/mol. The molecule has 20 heavy (non-hydrogen) atoms. The van der Waals surface area contributed by atoms with Crippen LogP contribution in [0.3, 0.4) is 0 Å². The summed E-state index contributed by atoms with van der Waals surface area (Å²) in [5.41, 5.74) is 6.68. The number of hydrogen-bond donors (Lipinski definition) is 2. The first kappa shape index (κ1) is 15.3. The molecule has 1 aromatic rings. The summed E-state index contributed by atoms with van der Waals surface area (Å²) in [6, 6.07) is 8.01. The minimum absolute atomic E-state index is 0.129. The predicted octanol–water partition coefficient (Wildman–Crippen LogP) is 0.607. The largest absolute Gasteiger partial charge is 0.494 e. The van der Waals surface area contributed by atoms with Crippen molar-refractivity contribution in [2.45, 2.75) is 19.0 Å². The van der Waals surface area contributed by atoms with E-state index in [0.717, 1.165) is 37.4 Å². The maximum atomic E-state index is 9.29. The Morgan fingerprint density at radius 2 is 2.35 bits per heavy atom. The van der Waals surface area contributed by atoms with Crippen LogP contribution in [0.1, 0.15) is 12.0 Å². The highest BCUT2D eigenvalue weighted by molar-refractivity contribution is 5.28. The van der Waals surface area contributed by atoms with Gasteiger partial charge in [0.05, 0.1) is 32.5 Å². The number of nitrogens with zero attached hydrogens (tertiary/aromatic N) is 1. The van der Waals surface area contributed by atoms with Crippen molar-refractivity contribution in [1.82, 2.24) is 4.90 Å². The molecule has 0 saturated carbocycles. The molecule has 0 aromatic heterocycles. The lowest BCUT2D eigenvalue weighted by Gasteiger charge is -2.34. The summed E-state index contributed by atoms with van der Waals surface area (Å²) in [4.78, 5) is 2.27. The molecule has 1 aliphatic rings. The fourth-order valence-electron chi connectivity index (χ4n) is 2.37. The number of ether oxygens (including phenoxy) is 2. The minimum Gasteiger partial charge on any atom is -0.494 e. The topological polar surface area (TPSA) is 68.0 Å². The van der Waals surface area contributed by atoms with Crippen molar-refractivity contribution < 1.29 is 14.6 Å². The van der Waals surface area contributed by atoms with Crippen LogP contribution >= 0.6 is 0 Å². The van der Waals surface area contributed by atoms with E-state index in [1.165, 1.54) is 0 Å². The van der Waals surface area contributed by atoms with E-state index in [4.69, 9.17) is 15.2 Å². The fourth-order valence-corrected chi connectivity index (χ4v) is 2.37. The van der Waals surface area contributed by atoms with Crippen molar-refractivity contribution in [2.24, 2.45) is 5.73 Å². The number of morpholine rings is 1. The second-order valence-corrected chi connectivity index (χ2v) is 5.00. The molecule has 5 nitrogen and oxygen atoms in total. The highest BCUT2D eigenvalue weighted by Gasteiger charge is 2.21. The molecular weight excluding hydrogens is 256 g/mol. The molecule has 0 radical (unpaired) electrons. The molecule has 0 amide bonds. The molecule has 0 aliphatic carbocycles. The zero-order valence-electron chi connectivity index (χ0n) is 11.8. The molecular formula is C15H24N2O3. The van der Waals surface area contributed by atoms with E-state index in [1.54, 1.807) is 0 Å². The van der Waals surface area contributed by atoms with Crippen LogP contribution in [0.4, 0.5) is 0 Å². The summed E-state index contributed by atoms with van der Waals surface area (Å²) in [5.74, 6) is 0.869. The Kier molecular flexibility index (Phi) is 6.26. The van der Waals surface area contributed by atoms with E-state index in [-0.39, 0.29) is 12.6 Å². The van der Waals surface area contributed by atoms with E-state index >= 15 is 0 Å². The maximum Gasteiger partial charge on any atom is 0.119 e. The molecule has 2 rings (SSSR count). The van der Waals surface area contributed by atoms with Crippen LogP contribution in [-0.2, 0) is 11.3 Å². The Balaban J connectivity index is 1.70. The second-order valence-electron chi connectivity index (χ2n) is 5.00. The lowest BCUT2D eigenvalue weighted by atomic mass is 10.2. The van der Waals surface area contributed by atoms with Crippen LogP contribution in [0.15, 0.2) is 24.3 Å². The fraction of sp³-hybridized carbons (Fsp3) is 0.600. The van der Waals surface area contributed by atoms with Crippen LogP contribution in [0.25, 0.3) is 0 Å². The number of rotatable bonds is 7. The van der Waals surface area contributed by atoms with Crippen molar-refractivity contribution >= 4 is 0 Å². The first-order chi connectivity index (χ1) is 9.83. The number of nitrogens with two attached hydrogens (primary N) is 1. The molecule has 1 fully saturated rings. The average molecular weight is 280 g/mol. The number of hydrogen-bond acceptors (Lipinski definition) is 5. The van der Waals surface area contributed by atoms with Crippen LogP contribution in [0, 0.1) is 0 Å². The van der Waals surface area contributed by atoms with E-state index in [1.807, 2.05) is 24.3 Å². The van der Waals surface area contributed by atoms with E-state index in [0.29, 0.717) is 19.8 Å². The van der Waals surface area contributed by atoms with Crippen LogP contribution in [0.2, 0.25) is 0 Å². The Morgan fingerprint density at radius 3 is 3.15 bits per heavy atom. The molecule has 0 spiro atoms. The predicted molar refractivity (Wildman–Crippen MR) is 77.7 cm³/mol. The Bertz CT molecular complexity index is 400. The molecule has 0 bridgehead atoms. The minimum atomic E-state index is 0.129. The van der Waals surface area contributed by atoms with Gasteiger partial charge in [0.2, 0.25) is 0 Å². The van der Waals surface area contributed by atoms with Gasteiger partial charge < -0.3 is 20.3 Å². The van der Waals surface area contributed by atoms with Gasteiger partial charge in [-0.3, -0.25) is 4.90 Å². The molecule has 1 aromatic carbocycles. The van der Waals surface area contributed by atoms with Gasteiger partial charge in [-0.1, -0.05) is 12.1 Å². The van der Waals surface area contributed by atoms with Crippen molar-refractivity contribution in [1.29, 1.82) is 0 Å². The number of benzene rings is 1. The molecule has 1 saturated heterocycles. The summed E-state index contributed by atoms with van der Waals surface area (Å²) >= 11 is 0. The zero-order valence-corrected chi connectivity index (χ0v) is 11.8. The quantitative estimate of drug-likeness (QED) is 0.716. The summed E-state index contributed by atoms with van der Waals surface area (Å²) in [6.45, 7) is 4.52. The lowest BCUT2D eigenvalue weighted by Crippen LogP contribution is -2.47. The van der Waals surface area contributed by atoms with Crippen LogP contribution in [0.5, 0.6) is 5.75 Å². The van der Waals surface area contributed by atoms with Gasteiger partial charge in [0.1, 0.15) is 5.75 Å². The summed E-state index contributed by atoms with van der Waals surface area (Å²) in [6.07, 6.45) is 0.934. The van der Waals surface area contributed by atoms with Crippen molar-refractivity contribution in [3.8, 4) is 5.75 Å². The van der Waals surface area contributed by atoms with Crippen molar-refractivity contribution in [2.75, 3.05) is 39.5 Å². The van der Waals surface area contributed by atoms with Gasteiger partial charge in [-0.2, -0.15) is 0 Å². The van der Waals surface area contributed by atoms with Gasteiger partial charge in [-0.25, -0.2) is 0 Å². The molecule has 1 unspecified atom stereocenters. The van der Waals surface area contributed by atoms with Crippen molar-refractivity contribution in [3.63, 3.8) is 0 Å². The van der Waals surface area contributed by atoms with Gasteiger partial charge >= 0.3 is 0 Å². The number of aliphatic hydroxyl groups excluding tert-OH is 1. The van der Waals surface area contributed by atoms with Crippen LogP contribution < -0.4 is 10.5 Å². The summed E-state index contributed by atoms with van der Waals surface area (Å²) in [5, 5.41) is 9.29. The molecule has 5 heteroatoms. The maximum absolute atomic E-state index is 9.29. The first-order valence-corrected chi connectivity index (χ1v) is 7.18. The normalized spacial score (nSPS) is 20.0. The molecule has 1 heterocycles. The van der Waals surface area contributed by atoms with Crippen LogP contribution in [-0.4, -0.2) is 55.6 Å². The second kappa shape index (κ2) is 8.21. The van der Waals surface area contributed by atoms with Gasteiger partial charge in [0, 0.05) is 19.6 Å². The van der Waals surface area contributed by atoms with Gasteiger partial charge in [-0.05, 0) is 24.1 Å². The Morgan fingerprint density at radius 1 is 1.45 bits per heavy atom. The zero-order chi connectivity index (χ0) is 14.2. The number of aliphatic hydroxyl groups is 1. The Hall–Kier alpha value is -1.14. The smallest absolute Gasteiger partial charge is 0.119 e. The average Bonchev–Trinajstić information content (AvgIpc) is 2.52. The van der Waals surface area contributed by atoms with E-state index in [2.05, 4.69) is 4.90 Å². The highest BCUT2D eigenvalue weighted by Crippen LogP contribution is 2.13.